The quantitative estimate of drug-likeness (QED) is 0.788. The van der Waals surface area contributed by atoms with Crippen molar-refractivity contribution >= 4 is 11.6 Å². The van der Waals surface area contributed by atoms with Gasteiger partial charge in [-0.3, -0.25) is 4.79 Å². The summed E-state index contributed by atoms with van der Waals surface area (Å²) in [5.41, 5.74) is 1.21. The van der Waals surface area contributed by atoms with Gasteiger partial charge in [0, 0.05) is 25.3 Å². The smallest absolute Gasteiger partial charge is 0.264 e. The van der Waals surface area contributed by atoms with E-state index in [-0.39, 0.29) is 12.5 Å². The number of fused-ring (bicyclic) bond motifs is 1. The Balaban J connectivity index is 1.42. The SMILES string of the molecule is CCN(CCCNC(=O)C1COc2ccccc2O1)c1ccccc1. The Labute approximate surface area is 148 Å². The molecule has 0 bridgehead atoms. The highest BCUT2D eigenvalue weighted by Gasteiger charge is 2.26. The van der Waals surface area contributed by atoms with Crippen LogP contribution in [0, 0.1) is 0 Å². The number of hydrogen-bond donors (Lipinski definition) is 1. The Morgan fingerprint density at radius 3 is 2.60 bits per heavy atom. The lowest BCUT2D eigenvalue weighted by Crippen LogP contribution is -2.44. The summed E-state index contributed by atoms with van der Waals surface area (Å²) in [4.78, 5) is 14.6. The normalized spacial score (nSPS) is 15.5. The minimum absolute atomic E-state index is 0.128. The number of benzene rings is 2. The Morgan fingerprint density at radius 1 is 1.12 bits per heavy atom. The average molecular weight is 340 g/mol. The first-order chi connectivity index (χ1) is 12.3. The Kier molecular flexibility index (Phi) is 5.77. The van der Waals surface area contributed by atoms with E-state index in [1.807, 2.05) is 42.5 Å². The molecule has 1 amide bonds. The van der Waals surface area contributed by atoms with Crippen LogP contribution in [-0.4, -0.2) is 38.3 Å². The van der Waals surface area contributed by atoms with Crippen molar-refractivity contribution in [1.82, 2.24) is 5.32 Å². The largest absolute Gasteiger partial charge is 0.485 e. The fourth-order valence-corrected chi connectivity index (χ4v) is 2.85. The number of rotatable bonds is 7. The van der Waals surface area contributed by atoms with E-state index in [1.165, 1.54) is 5.69 Å². The van der Waals surface area contributed by atoms with Gasteiger partial charge in [0.1, 0.15) is 6.61 Å². The fraction of sp³-hybridized carbons (Fsp3) is 0.350. The van der Waals surface area contributed by atoms with Crippen LogP contribution in [0.3, 0.4) is 0 Å². The lowest BCUT2D eigenvalue weighted by Gasteiger charge is -2.26. The van der Waals surface area contributed by atoms with Gasteiger partial charge >= 0.3 is 0 Å². The number of nitrogens with zero attached hydrogens (tertiary/aromatic N) is 1. The first-order valence-electron chi connectivity index (χ1n) is 8.74. The fourth-order valence-electron chi connectivity index (χ4n) is 2.85. The minimum Gasteiger partial charge on any atom is -0.485 e. The number of nitrogens with one attached hydrogen (secondary N) is 1. The van der Waals surface area contributed by atoms with Crippen molar-refractivity contribution in [3.05, 3.63) is 54.6 Å². The molecule has 0 spiro atoms. The predicted octanol–water partition coefficient (Wildman–Crippen LogP) is 2.86. The molecule has 1 unspecified atom stereocenters. The zero-order chi connectivity index (χ0) is 17.5. The second kappa shape index (κ2) is 8.42. The molecule has 5 nitrogen and oxygen atoms in total. The third kappa shape index (κ3) is 4.44. The van der Waals surface area contributed by atoms with Crippen LogP contribution in [0.5, 0.6) is 11.5 Å². The number of ether oxygens (including phenoxy) is 2. The Bertz CT molecular complexity index is 690. The molecule has 1 aliphatic rings. The maximum atomic E-state index is 12.3. The van der Waals surface area contributed by atoms with Crippen molar-refractivity contribution in [3.63, 3.8) is 0 Å². The topological polar surface area (TPSA) is 50.8 Å². The van der Waals surface area contributed by atoms with Crippen LogP contribution in [0.2, 0.25) is 0 Å². The second-order valence-corrected chi connectivity index (χ2v) is 5.92. The Morgan fingerprint density at radius 2 is 1.84 bits per heavy atom. The van der Waals surface area contributed by atoms with Crippen LogP contribution in [0.4, 0.5) is 5.69 Å². The summed E-state index contributed by atoms with van der Waals surface area (Å²) in [7, 11) is 0. The first-order valence-corrected chi connectivity index (χ1v) is 8.74. The molecule has 132 valence electrons. The van der Waals surface area contributed by atoms with Crippen molar-refractivity contribution < 1.29 is 14.3 Å². The third-order valence-corrected chi connectivity index (χ3v) is 4.21. The number of hydrogen-bond acceptors (Lipinski definition) is 4. The Hall–Kier alpha value is -2.69. The highest BCUT2D eigenvalue weighted by atomic mass is 16.6. The van der Waals surface area contributed by atoms with Crippen LogP contribution >= 0.6 is 0 Å². The molecular weight excluding hydrogens is 316 g/mol. The first kappa shape index (κ1) is 17.1. The summed E-state index contributed by atoms with van der Waals surface area (Å²) >= 11 is 0. The van der Waals surface area contributed by atoms with E-state index in [2.05, 4.69) is 29.3 Å². The molecule has 0 fully saturated rings. The van der Waals surface area contributed by atoms with E-state index in [0.717, 1.165) is 19.5 Å². The van der Waals surface area contributed by atoms with E-state index in [4.69, 9.17) is 9.47 Å². The van der Waals surface area contributed by atoms with Gasteiger partial charge in [0.25, 0.3) is 5.91 Å². The van der Waals surface area contributed by atoms with Crippen molar-refractivity contribution in [2.75, 3.05) is 31.1 Å². The molecule has 5 heteroatoms. The van der Waals surface area contributed by atoms with Crippen LogP contribution in [0.1, 0.15) is 13.3 Å². The van der Waals surface area contributed by atoms with Gasteiger partial charge in [-0.15, -0.1) is 0 Å². The van der Waals surface area contributed by atoms with Gasteiger partial charge in [0.15, 0.2) is 11.5 Å². The summed E-state index contributed by atoms with van der Waals surface area (Å²) in [5, 5.41) is 2.94. The highest BCUT2D eigenvalue weighted by Crippen LogP contribution is 2.30. The van der Waals surface area contributed by atoms with E-state index >= 15 is 0 Å². The van der Waals surface area contributed by atoms with Gasteiger partial charge in [-0.25, -0.2) is 0 Å². The lowest BCUT2D eigenvalue weighted by atomic mass is 10.2. The molecule has 1 heterocycles. The molecule has 0 aliphatic carbocycles. The molecule has 1 N–H and O–H groups in total. The van der Waals surface area contributed by atoms with Gasteiger partial charge in [-0.2, -0.15) is 0 Å². The van der Waals surface area contributed by atoms with Crippen LogP contribution in [0.15, 0.2) is 54.6 Å². The summed E-state index contributed by atoms with van der Waals surface area (Å²) in [6, 6.07) is 17.7. The van der Waals surface area contributed by atoms with Gasteiger partial charge in [0.05, 0.1) is 0 Å². The number of para-hydroxylation sites is 3. The van der Waals surface area contributed by atoms with Gasteiger partial charge in [-0.1, -0.05) is 30.3 Å². The minimum atomic E-state index is -0.591. The predicted molar refractivity (Wildman–Crippen MR) is 98.3 cm³/mol. The maximum Gasteiger partial charge on any atom is 0.264 e. The molecule has 0 saturated carbocycles. The van der Waals surface area contributed by atoms with Crippen LogP contribution in [-0.2, 0) is 4.79 Å². The second-order valence-electron chi connectivity index (χ2n) is 5.92. The van der Waals surface area contributed by atoms with Crippen LogP contribution < -0.4 is 19.7 Å². The molecule has 1 aliphatic heterocycles. The highest BCUT2D eigenvalue weighted by molar-refractivity contribution is 5.81. The molecule has 3 rings (SSSR count). The molecule has 0 radical (unpaired) electrons. The molecule has 0 saturated heterocycles. The molecule has 1 atom stereocenters. The average Bonchev–Trinajstić information content (AvgIpc) is 2.68. The number of carbonyl (C=O) groups is 1. The molecular formula is C20H24N2O3. The van der Waals surface area contributed by atoms with Gasteiger partial charge < -0.3 is 19.7 Å². The van der Waals surface area contributed by atoms with E-state index in [9.17, 15) is 4.79 Å². The maximum absolute atomic E-state index is 12.3. The number of amides is 1. The zero-order valence-electron chi connectivity index (χ0n) is 14.5. The van der Waals surface area contributed by atoms with E-state index in [1.54, 1.807) is 0 Å². The van der Waals surface area contributed by atoms with Crippen molar-refractivity contribution in [2.45, 2.75) is 19.4 Å². The molecule has 25 heavy (non-hydrogen) atoms. The molecule has 2 aromatic carbocycles. The van der Waals surface area contributed by atoms with Crippen molar-refractivity contribution in [3.8, 4) is 11.5 Å². The van der Waals surface area contributed by atoms with Crippen molar-refractivity contribution in [1.29, 1.82) is 0 Å². The van der Waals surface area contributed by atoms with E-state index in [0.29, 0.717) is 18.0 Å². The number of carbonyl (C=O) groups excluding carboxylic acids is 1. The summed E-state index contributed by atoms with van der Waals surface area (Å²) in [6.07, 6.45) is 0.282. The lowest BCUT2D eigenvalue weighted by molar-refractivity contribution is -0.130. The molecule has 2 aromatic rings. The van der Waals surface area contributed by atoms with Crippen LogP contribution in [0.25, 0.3) is 0 Å². The molecule has 0 aromatic heterocycles. The van der Waals surface area contributed by atoms with Gasteiger partial charge in [0.2, 0.25) is 6.10 Å². The monoisotopic (exact) mass is 340 g/mol. The summed E-state index contributed by atoms with van der Waals surface area (Å²) in [5.74, 6) is 1.18. The zero-order valence-corrected chi connectivity index (χ0v) is 14.5. The number of anilines is 1. The van der Waals surface area contributed by atoms with Crippen molar-refractivity contribution in [2.24, 2.45) is 0 Å². The third-order valence-electron chi connectivity index (χ3n) is 4.21. The van der Waals surface area contributed by atoms with Gasteiger partial charge in [-0.05, 0) is 37.6 Å². The standard InChI is InChI=1S/C20H24N2O3/c1-2-22(16-9-4-3-5-10-16)14-8-13-21-20(23)19-15-24-17-11-6-7-12-18(17)25-19/h3-7,9-12,19H,2,8,13-15H2,1H3,(H,21,23). The summed E-state index contributed by atoms with van der Waals surface area (Å²) < 4.78 is 11.3. The van der Waals surface area contributed by atoms with E-state index < -0.39 is 6.10 Å². The summed E-state index contributed by atoms with van der Waals surface area (Å²) in [6.45, 7) is 4.83.